The zero-order chi connectivity index (χ0) is 14.5. The Bertz CT molecular complexity index is 450. The van der Waals surface area contributed by atoms with Gasteiger partial charge < -0.3 is 15.0 Å². The van der Waals surface area contributed by atoms with Crippen molar-refractivity contribution in [2.45, 2.75) is 24.5 Å². The number of carbonyl (C=O) groups excluding carboxylic acids is 1. The minimum atomic E-state index is 0.0312. The molecule has 5 heteroatoms. The van der Waals surface area contributed by atoms with E-state index >= 15 is 0 Å². The minimum Gasteiger partial charge on any atom is -0.497 e. The molecule has 1 aromatic carbocycles. The second-order valence-electron chi connectivity index (χ2n) is 4.79. The number of thioether (sulfide) groups is 1. The predicted molar refractivity (Wildman–Crippen MR) is 83.0 cm³/mol. The Labute approximate surface area is 124 Å². The molecular weight excluding hydrogens is 272 g/mol. The summed E-state index contributed by atoms with van der Waals surface area (Å²) in [6.07, 6.45) is 0. The van der Waals surface area contributed by atoms with E-state index in [0.717, 1.165) is 30.9 Å². The number of hydrogen-bond acceptors (Lipinski definition) is 4. The lowest BCUT2D eigenvalue weighted by molar-refractivity contribution is -0.129. The van der Waals surface area contributed by atoms with Crippen molar-refractivity contribution in [3.8, 4) is 5.75 Å². The van der Waals surface area contributed by atoms with E-state index in [2.05, 4.69) is 12.2 Å². The van der Waals surface area contributed by atoms with Crippen molar-refractivity contribution in [1.29, 1.82) is 0 Å². The van der Waals surface area contributed by atoms with E-state index in [0.29, 0.717) is 0 Å². The third-order valence-corrected chi connectivity index (χ3v) is 4.82. The molecule has 1 aliphatic heterocycles. The van der Waals surface area contributed by atoms with Crippen LogP contribution in [0.15, 0.2) is 24.3 Å². The predicted octanol–water partition coefficient (Wildman–Crippen LogP) is 2.27. The average Bonchev–Trinajstić information content (AvgIpc) is 2.76. The summed E-state index contributed by atoms with van der Waals surface area (Å²) in [7, 11) is 1.66. The summed E-state index contributed by atoms with van der Waals surface area (Å²) < 4.78 is 5.18. The van der Waals surface area contributed by atoms with Crippen LogP contribution in [0.5, 0.6) is 5.75 Å². The molecule has 110 valence electrons. The summed E-state index contributed by atoms with van der Waals surface area (Å²) >= 11 is 1.71. The SMILES string of the molecule is CCNCCN1C(=O)[C@@H](C)S[C@@H]1c1ccc(OC)cc1. The maximum Gasteiger partial charge on any atom is 0.236 e. The molecule has 0 saturated carbocycles. The number of nitrogens with zero attached hydrogens (tertiary/aromatic N) is 1. The zero-order valence-electron chi connectivity index (χ0n) is 12.3. The summed E-state index contributed by atoms with van der Waals surface area (Å²) in [5.41, 5.74) is 1.16. The van der Waals surface area contributed by atoms with E-state index in [9.17, 15) is 4.79 Å². The molecule has 2 rings (SSSR count). The van der Waals surface area contributed by atoms with Gasteiger partial charge >= 0.3 is 0 Å². The molecule has 2 atom stereocenters. The van der Waals surface area contributed by atoms with E-state index in [1.54, 1.807) is 18.9 Å². The Morgan fingerprint density at radius 2 is 2.05 bits per heavy atom. The van der Waals surface area contributed by atoms with Gasteiger partial charge in [-0.15, -0.1) is 11.8 Å². The quantitative estimate of drug-likeness (QED) is 0.817. The third-order valence-electron chi connectivity index (χ3n) is 3.43. The fraction of sp³-hybridized carbons (Fsp3) is 0.533. The van der Waals surface area contributed by atoms with Gasteiger partial charge in [0, 0.05) is 13.1 Å². The lowest BCUT2D eigenvalue weighted by atomic mass is 10.2. The summed E-state index contributed by atoms with van der Waals surface area (Å²) in [6.45, 7) is 6.57. The van der Waals surface area contributed by atoms with Crippen LogP contribution in [-0.4, -0.2) is 42.8 Å². The number of likely N-dealkylation sites (N-methyl/N-ethyl adjacent to an activating group) is 1. The third kappa shape index (κ3) is 3.27. The number of rotatable bonds is 6. The molecule has 1 N–H and O–H groups in total. The van der Waals surface area contributed by atoms with E-state index in [4.69, 9.17) is 4.74 Å². The van der Waals surface area contributed by atoms with E-state index < -0.39 is 0 Å². The lowest BCUT2D eigenvalue weighted by Crippen LogP contribution is -2.36. The highest BCUT2D eigenvalue weighted by molar-refractivity contribution is 8.01. The van der Waals surface area contributed by atoms with E-state index in [1.807, 2.05) is 36.1 Å². The fourth-order valence-electron chi connectivity index (χ4n) is 2.30. The first-order valence-electron chi connectivity index (χ1n) is 6.98. The van der Waals surface area contributed by atoms with Crippen LogP contribution in [0.4, 0.5) is 0 Å². The molecule has 20 heavy (non-hydrogen) atoms. The van der Waals surface area contributed by atoms with Crippen LogP contribution in [0, 0.1) is 0 Å². The maximum atomic E-state index is 12.3. The number of hydrogen-bond donors (Lipinski definition) is 1. The second-order valence-corrected chi connectivity index (χ2v) is 6.21. The largest absolute Gasteiger partial charge is 0.497 e. The average molecular weight is 294 g/mol. The van der Waals surface area contributed by atoms with Crippen molar-refractivity contribution in [2.24, 2.45) is 0 Å². The van der Waals surface area contributed by atoms with Gasteiger partial charge in [0.1, 0.15) is 11.1 Å². The van der Waals surface area contributed by atoms with Crippen molar-refractivity contribution in [3.63, 3.8) is 0 Å². The van der Waals surface area contributed by atoms with Gasteiger partial charge in [0.2, 0.25) is 5.91 Å². The summed E-state index contributed by atoms with van der Waals surface area (Å²) in [5, 5.41) is 3.42. The van der Waals surface area contributed by atoms with Crippen molar-refractivity contribution >= 4 is 17.7 Å². The number of nitrogens with one attached hydrogen (secondary N) is 1. The maximum absolute atomic E-state index is 12.3. The first-order valence-corrected chi connectivity index (χ1v) is 7.92. The Morgan fingerprint density at radius 3 is 2.65 bits per heavy atom. The molecule has 0 aliphatic carbocycles. The monoisotopic (exact) mass is 294 g/mol. The topological polar surface area (TPSA) is 41.6 Å². The number of ether oxygens (including phenoxy) is 1. The molecule has 0 radical (unpaired) electrons. The molecule has 4 nitrogen and oxygen atoms in total. The Kier molecular flexibility index (Phi) is 5.31. The summed E-state index contributed by atoms with van der Waals surface area (Å²) in [6, 6.07) is 7.99. The molecular formula is C15H22N2O2S. The molecule has 1 fully saturated rings. The number of benzene rings is 1. The molecule has 1 saturated heterocycles. The van der Waals surface area contributed by atoms with Crippen molar-refractivity contribution < 1.29 is 9.53 Å². The fourth-order valence-corrected chi connectivity index (χ4v) is 3.61. The van der Waals surface area contributed by atoms with Gasteiger partial charge in [0.05, 0.1) is 12.4 Å². The first kappa shape index (κ1) is 15.2. The number of amides is 1. The highest BCUT2D eigenvalue weighted by Gasteiger charge is 2.37. The molecule has 0 unspecified atom stereocenters. The standard InChI is InChI=1S/C15H22N2O2S/c1-4-16-9-10-17-14(18)11(2)20-15(17)12-5-7-13(19-3)8-6-12/h5-8,11,15-16H,4,9-10H2,1-3H3/t11-,15-/m1/s1. The second kappa shape index (κ2) is 6.99. The first-order chi connectivity index (χ1) is 9.67. The molecule has 0 bridgehead atoms. The van der Waals surface area contributed by atoms with Crippen LogP contribution >= 0.6 is 11.8 Å². The molecule has 1 amide bonds. The van der Waals surface area contributed by atoms with Crippen LogP contribution in [0.2, 0.25) is 0 Å². The van der Waals surface area contributed by atoms with Crippen molar-refractivity contribution in [2.75, 3.05) is 26.7 Å². The van der Waals surface area contributed by atoms with Gasteiger partial charge in [-0.25, -0.2) is 0 Å². The van der Waals surface area contributed by atoms with Crippen LogP contribution in [-0.2, 0) is 4.79 Å². The van der Waals surface area contributed by atoms with Crippen molar-refractivity contribution in [3.05, 3.63) is 29.8 Å². The summed E-state index contributed by atoms with van der Waals surface area (Å²) in [5.74, 6) is 1.07. The lowest BCUT2D eigenvalue weighted by Gasteiger charge is -2.24. The van der Waals surface area contributed by atoms with Crippen LogP contribution < -0.4 is 10.1 Å². The number of carbonyl (C=O) groups is 1. The minimum absolute atomic E-state index is 0.0312. The summed E-state index contributed by atoms with van der Waals surface area (Å²) in [4.78, 5) is 14.2. The zero-order valence-corrected chi connectivity index (χ0v) is 13.1. The molecule has 0 aromatic heterocycles. The van der Waals surface area contributed by atoms with Crippen molar-refractivity contribution in [1.82, 2.24) is 10.2 Å². The van der Waals surface area contributed by atoms with E-state index in [1.165, 1.54) is 0 Å². The van der Waals surface area contributed by atoms with Gasteiger partial charge in [0.25, 0.3) is 0 Å². The van der Waals surface area contributed by atoms with Gasteiger partial charge in [-0.2, -0.15) is 0 Å². The normalized spacial score (nSPS) is 22.4. The van der Waals surface area contributed by atoms with E-state index in [-0.39, 0.29) is 16.5 Å². The smallest absolute Gasteiger partial charge is 0.236 e. The van der Waals surface area contributed by atoms with Gasteiger partial charge in [-0.3, -0.25) is 4.79 Å². The molecule has 1 aliphatic rings. The Balaban J connectivity index is 2.12. The van der Waals surface area contributed by atoms with Crippen LogP contribution in [0.25, 0.3) is 0 Å². The molecule has 1 heterocycles. The highest BCUT2D eigenvalue weighted by atomic mass is 32.2. The van der Waals surface area contributed by atoms with Crippen LogP contribution in [0.1, 0.15) is 24.8 Å². The van der Waals surface area contributed by atoms with Gasteiger partial charge in [-0.1, -0.05) is 19.1 Å². The Morgan fingerprint density at radius 1 is 1.35 bits per heavy atom. The van der Waals surface area contributed by atoms with Gasteiger partial charge in [0.15, 0.2) is 0 Å². The molecule has 0 spiro atoms. The van der Waals surface area contributed by atoms with Gasteiger partial charge in [-0.05, 0) is 31.2 Å². The Hall–Kier alpha value is -1.20. The highest BCUT2D eigenvalue weighted by Crippen LogP contribution is 2.42. The van der Waals surface area contributed by atoms with Crippen LogP contribution in [0.3, 0.4) is 0 Å². The molecule has 1 aromatic rings. The number of methoxy groups -OCH3 is 1.